The molecule has 2 N–H and O–H groups in total. The number of hydrogen-bond acceptors (Lipinski definition) is 4. The number of carbonyl (C=O) groups excluding carboxylic acids is 1. The number of amides is 1. The number of nitrogens with zero attached hydrogens (tertiary/aromatic N) is 1. The number of carboxylic acids is 1. The lowest BCUT2D eigenvalue weighted by atomic mass is 10.0. The van der Waals surface area contributed by atoms with Crippen LogP contribution in [0, 0.1) is 18.3 Å². The molecule has 1 atom stereocenters. The molecule has 1 heterocycles. The zero-order valence-electron chi connectivity index (χ0n) is 16.5. The van der Waals surface area contributed by atoms with Crippen LogP contribution in [-0.4, -0.2) is 17.0 Å². The van der Waals surface area contributed by atoms with Gasteiger partial charge in [-0.3, -0.25) is 4.79 Å². The second-order valence-electron chi connectivity index (χ2n) is 6.76. The summed E-state index contributed by atoms with van der Waals surface area (Å²) >= 11 is 0. The summed E-state index contributed by atoms with van der Waals surface area (Å²) < 4.78 is 5.76. The molecule has 0 saturated heterocycles. The summed E-state index contributed by atoms with van der Waals surface area (Å²) in [5.41, 5.74) is 2.24. The van der Waals surface area contributed by atoms with Gasteiger partial charge in [0.2, 0.25) is 0 Å². The van der Waals surface area contributed by atoms with Crippen molar-refractivity contribution in [2.75, 3.05) is 0 Å². The predicted molar refractivity (Wildman–Crippen MR) is 112 cm³/mol. The van der Waals surface area contributed by atoms with Crippen molar-refractivity contribution in [2.24, 2.45) is 0 Å². The Balaban J connectivity index is 1.82. The minimum atomic E-state index is -1.02. The van der Waals surface area contributed by atoms with Crippen LogP contribution in [0.4, 0.5) is 0 Å². The summed E-state index contributed by atoms with van der Waals surface area (Å²) in [6.07, 6.45) is 1.37. The molecule has 150 valence electrons. The Morgan fingerprint density at radius 2 is 1.83 bits per heavy atom. The van der Waals surface area contributed by atoms with Gasteiger partial charge in [0.25, 0.3) is 5.91 Å². The summed E-state index contributed by atoms with van der Waals surface area (Å²) in [7, 11) is 0. The van der Waals surface area contributed by atoms with Crippen molar-refractivity contribution in [3.63, 3.8) is 0 Å². The van der Waals surface area contributed by atoms with E-state index in [0.717, 1.165) is 5.56 Å². The van der Waals surface area contributed by atoms with Crippen molar-refractivity contribution in [1.82, 2.24) is 5.32 Å². The van der Waals surface area contributed by atoms with E-state index in [-0.39, 0.29) is 17.2 Å². The van der Waals surface area contributed by atoms with Gasteiger partial charge >= 0.3 is 5.97 Å². The second-order valence-corrected chi connectivity index (χ2v) is 6.76. The van der Waals surface area contributed by atoms with Crippen molar-refractivity contribution < 1.29 is 19.1 Å². The summed E-state index contributed by atoms with van der Waals surface area (Å²) in [5.74, 6) is -0.741. The van der Waals surface area contributed by atoms with Gasteiger partial charge in [0.1, 0.15) is 23.2 Å². The SMILES string of the molecule is Cc1c(C(=O)O)cccc1-c1ccc(/C=C(/C#N)C(=O)N[C@H](C)c2ccccc2)o1. The molecule has 6 heteroatoms. The lowest BCUT2D eigenvalue weighted by Crippen LogP contribution is -2.27. The molecule has 6 nitrogen and oxygen atoms in total. The maximum Gasteiger partial charge on any atom is 0.335 e. The average Bonchev–Trinajstić information content (AvgIpc) is 3.20. The van der Waals surface area contributed by atoms with Crippen molar-refractivity contribution >= 4 is 18.0 Å². The Morgan fingerprint density at radius 3 is 2.50 bits per heavy atom. The first-order valence-electron chi connectivity index (χ1n) is 9.31. The Bertz CT molecular complexity index is 1150. The molecule has 2 aromatic carbocycles. The Labute approximate surface area is 174 Å². The first-order chi connectivity index (χ1) is 14.4. The number of carboxylic acid groups (broad SMARTS) is 1. The zero-order chi connectivity index (χ0) is 21.7. The van der Waals surface area contributed by atoms with Crippen LogP contribution < -0.4 is 5.32 Å². The van der Waals surface area contributed by atoms with Gasteiger partial charge in [-0.15, -0.1) is 0 Å². The largest absolute Gasteiger partial charge is 0.478 e. The molecular formula is C24H20N2O4. The lowest BCUT2D eigenvalue weighted by Gasteiger charge is -2.13. The maximum atomic E-state index is 12.5. The molecule has 3 rings (SSSR count). The van der Waals surface area contributed by atoms with E-state index in [9.17, 15) is 20.0 Å². The van der Waals surface area contributed by atoms with Gasteiger partial charge in [0.15, 0.2) is 0 Å². The number of carbonyl (C=O) groups is 2. The molecule has 0 aliphatic carbocycles. The fraction of sp³-hybridized carbons (Fsp3) is 0.125. The number of benzene rings is 2. The summed E-state index contributed by atoms with van der Waals surface area (Å²) in [6, 6.07) is 19.3. The third kappa shape index (κ3) is 4.47. The molecular weight excluding hydrogens is 380 g/mol. The highest BCUT2D eigenvalue weighted by atomic mass is 16.4. The number of nitriles is 1. The van der Waals surface area contributed by atoms with E-state index in [0.29, 0.717) is 22.6 Å². The lowest BCUT2D eigenvalue weighted by molar-refractivity contribution is -0.117. The van der Waals surface area contributed by atoms with E-state index in [2.05, 4.69) is 5.32 Å². The average molecular weight is 400 g/mol. The third-order valence-electron chi connectivity index (χ3n) is 4.76. The van der Waals surface area contributed by atoms with E-state index in [1.54, 1.807) is 31.2 Å². The number of rotatable bonds is 6. The van der Waals surface area contributed by atoms with Gasteiger partial charge in [0, 0.05) is 11.6 Å². The molecule has 0 saturated carbocycles. The van der Waals surface area contributed by atoms with Crippen molar-refractivity contribution in [3.8, 4) is 17.4 Å². The predicted octanol–water partition coefficient (Wildman–Crippen LogP) is 4.74. The molecule has 0 spiro atoms. The van der Waals surface area contributed by atoms with Gasteiger partial charge in [-0.2, -0.15) is 5.26 Å². The van der Waals surface area contributed by atoms with Gasteiger partial charge in [-0.25, -0.2) is 4.79 Å². The topological polar surface area (TPSA) is 103 Å². The molecule has 1 aromatic heterocycles. The van der Waals surface area contributed by atoms with Gasteiger partial charge in [0.05, 0.1) is 11.6 Å². The summed E-state index contributed by atoms with van der Waals surface area (Å²) in [4.78, 5) is 23.8. The molecule has 0 radical (unpaired) electrons. The maximum absolute atomic E-state index is 12.5. The number of nitrogens with one attached hydrogen (secondary N) is 1. The van der Waals surface area contributed by atoms with E-state index < -0.39 is 11.9 Å². The normalized spacial score (nSPS) is 12.1. The highest BCUT2D eigenvalue weighted by molar-refractivity contribution is 6.01. The third-order valence-corrected chi connectivity index (χ3v) is 4.76. The minimum absolute atomic E-state index is 0.0883. The van der Waals surface area contributed by atoms with E-state index in [1.165, 1.54) is 12.1 Å². The number of hydrogen-bond donors (Lipinski definition) is 2. The molecule has 3 aromatic rings. The van der Waals surface area contributed by atoms with E-state index >= 15 is 0 Å². The Kier molecular flexibility index (Phi) is 6.14. The number of furan rings is 1. The monoisotopic (exact) mass is 400 g/mol. The smallest absolute Gasteiger partial charge is 0.335 e. The van der Waals surface area contributed by atoms with Crippen LogP contribution >= 0.6 is 0 Å². The molecule has 0 unspecified atom stereocenters. The molecule has 0 fully saturated rings. The molecule has 30 heavy (non-hydrogen) atoms. The molecule has 1 amide bonds. The van der Waals surface area contributed by atoms with Gasteiger partial charge in [-0.05, 0) is 43.2 Å². The fourth-order valence-electron chi connectivity index (χ4n) is 3.10. The molecule has 0 aliphatic heterocycles. The zero-order valence-corrected chi connectivity index (χ0v) is 16.5. The van der Waals surface area contributed by atoms with Crippen LogP contribution in [0.3, 0.4) is 0 Å². The van der Waals surface area contributed by atoms with E-state index in [1.807, 2.05) is 43.3 Å². The van der Waals surface area contributed by atoms with Gasteiger partial charge in [-0.1, -0.05) is 42.5 Å². The second kappa shape index (κ2) is 8.93. The van der Waals surface area contributed by atoms with Crippen LogP contribution in [0.1, 0.15) is 40.2 Å². The van der Waals surface area contributed by atoms with Crippen LogP contribution in [-0.2, 0) is 4.79 Å². The van der Waals surface area contributed by atoms with Crippen LogP contribution in [0.25, 0.3) is 17.4 Å². The quantitative estimate of drug-likeness (QED) is 0.460. The molecule has 0 aliphatic rings. The van der Waals surface area contributed by atoms with Crippen LogP contribution in [0.2, 0.25) is 0 Å². The van der Waals surface area contributed by atoms with Crippen LogP contribution in [0.5, 0.6) is 0 Å². The van der Waals surface area contributed by atoms with E-state index in [4.69, 9.17) is 4.42 Å². The van der Waals surface area contributed by atoms with Crippen LogP contribution in [0.15, 0.2) is 70.7 Å². The summed E-state index contributed by atoms with van der Waals surface area (Å²) in [6.45, 7) is 3.54. The van der Waals surface area contributed by atoms with Crippen molar-refractivity contribution in [2.45, 2.75) is 19.9 Å². The number of aromatic carboxylic acids is 1. The highest BCUT2D eigenvalue weighted by Gasteiger charge is 2.16. The highest BCUT2D eigenvalue weighted by Crippen LogP contribution is 2.28. The fourth-order valence-corrected chi connectivity index (χ4v) is 3.10. The van der Waals surface area contributed by atoms with Crippen molar-refractivity contribution in [1.29, 1.82) is 5.26 Å². The standard InChI is InChI=1S/C24H20N2O4/c1-15-20(9-6-10-21(15)24(28)29)22-12-11-19(30-22)13-18(14-25)23(27)26-16(2)17-7-4-3-5-8-17/h3-13,16H,1-2H3,(H,26,27)(H,28,29)/b18-13-/t16-/m1/s1. The minimum Gasteiger partial charge on any atom is -0.478 e. The Hall–Kier alpha value is -4.11. The van der Waals surface area contributed by atoms with Gasteiger partial charge < -0.3 is 14.8 Å². The Morgan fingerprint density at radius 1 is 1.10 bits per heavy atom. The van der Waals surface area contributed by atoms with Crippen molar-refractivity contribution in [3.05, 3.63) is 88.7 Å². The summed E-state index contributed by atoms with van der Waals surface area (Å²) in [5, 5.41) is 21.5. The molecule has 0 bridgehead atoms. The first-order valence-corrected chi connectivity index (χ1v) is 9.31. The first kappa shape index (κ1) is 20.6.